The Kier molecular flexibility index (Phi) is 3.74. The van der Waals surface area contributed by atoms with Gasteiger partial charge >= 0.3 is 5.97 Å². The lowest BCUT2D eigenvalue weighted by molar-refractivity contribution is 0.0339. The van der Waals surface area contributed by atoms with E-state index in [1.165, 1.54) is 6.20 Å². The summed E-state index contributed by atoms with van der Waals surface area (Å²) in [5.74, 6) is 0.291. The van der Waals surface area contributed by atoms with Gasteiger partial charge in [0.15, 0.2) is 0 Å². The molecule has 3 aromatic rings. The topological polar surface area (TPSA) is 65.7 Å². The molecule has 0 saturated carbocycles. The average Bonchev–Trinajstić information content (AvgIpc) is 2.99. The minimum absolute atomic E-state index is 0.392. The van der Waals surface area contributed by atoms with Crippen LogP contribution in [0.15, 0.2) is 49.1 Å². The van der Waals surface area contributed by atoms with Crippen LogP contribution < -0.4 is 4.74 Å². The molecule has 0 saturated heterocycles. The molecule has 0 aliphatic carbocycles. The number of esters is 1. The molecule has 0 amide bonds. The summed E-state index contributed by atoms with van der Waals surface area (Å²) in [4.78, 5) is 16.3. The Labute approximate surface area is 127 Å². The maximum atomic E-state index is 12.3. The monoisotopic (exact) mass is 297 g/mol. The minimum atomic E-state index is -0.432. The van der Waals surface area contributed by atoms with Gasteiger partial charge in [-0.2, -0.15) is 5.10 Å². The van der Waals surface area contributed by atoms with Crippen LogP contribution in [0.3, 0.4) is 0 Å². The van der Waals surface area contributed by atoms with Gasteiger partial charge in [-0.1, -0.05) is 12.1 Å². The molecule has 6 heteroatoms. The molecule has 1 atom stereocenters. The summed E-state index contributed by atoms with van der Waals surface area (Å²) in [5.41, 5.74) is 1.87. The van der Waals surface area contributed by atoms with Gasteiger partial charge in [0.05, 0.1) is 25.0 Å². The summed E-state index contributed by atoms with van der Waals surface area (Å²) in [7, 11) is 1.60. The number of nitrogens with zero attached hydrogens (tertiary/aromatic N) is 3. The second kappa shape index (κ2) is 5.85. The summed E-state index contributed by atoms with van der Waals surface area (Å²) in [5, 5.41) is 4.10. The van der Waals surface area contributed by atoms with Crippen LogP contribution in [0.2, 0.25) is 0 Å². The van der Waals surface area contributed by atoms with E-state index in [4.69, 9.17) is 9.47 Å². The third-order valence-electron chi connectivity index (χ3n) is 3.39. The first-order chi connectivity index (χ1) is 10.7. The Morgan fingerprint density at radius 2 is 2.18 bits per heavy atom. The summed E-state index contributed by atoms with van der Waals surface area (Å²) in [6.07, 6.45) is 5.96. The van der Waals surface area contributed by atoms with Gasteiger partial charge in [0.2, 0.25) is 0 Å². The van der Waals surface area contributed by atoms with E-state index >= 15 is 0 Å². The fourth-order valence-corrected chi connectivity index (χ4v) is 2.18. The predicted molar refractivity (Wildman–Crippen MR) is 79.8 cm³/mol. The van der Waals surface area contributed by atoms with Crippen LogP contribution in [0.5, 0.6) is 5.75 Å². The molecule has 0 bridgehead atoms. The van der Waals surface area contributed by atoms with Gasteiger partial charge in [-0.25, -0.2) is 9.31 Å². The number of hydrogen-bond donors (Lipinski definition) is 0. The number of hydrogen-bond acceptors (Lipinski definition) is 5. The quantitative estimate of drug-likeness (QED) is 0.693. The number of aromatic nitrogens is 3. The molecule has 22 heavy (non-hydrogen) atoms. The standard InChI is InChI=1S/C16H15N3O3/c1-11(12-4-3-5-13(8-12)21-2)22-16(20)14-9-18-19-7-6-17-10-15(14)19/h3-11H,1-2H3. The first kappa shape index (κ1) is 14.1. The molecule has 0 aliphatic heterocycles. The first-order valence-corrected chi connectivity index (χ1v) is 6.81. The van der Waals surface area contributed by atoms with Gasteiger partial charge in [-0.3, -0.25) is 4.98 Å². The normalized spacial score (nSPS) is 12.1. The predicted octanol–water partition coefficient (Wildman–Crippen LogP) is 2.66. The van der Waals surface area contributed by atoms with Crippen LogP contribution in [0, 0.1) is 0 Å². The van der Waals surface area contributed by atoms with Crippen LogP contribution in [-0.2, 0) is 4.74 Å². The molecule has 3 rings (SSSR count). The largest absolute Gasteiger partial charge is 0.497 e. The second-order valence-corrected chi connectivity index (χ2v) is 4.79. The van der Waals surface area contributed by atoms with Crippen molar-refractivity contribution in [1.29, 1.82) is 0 Å². The van der Waals surface area contributed by atoms with Crippen molar-refractivity contribution >= 4 is 11.5 Å². The van der Waals surface area contributed by atoms with Crippen LogP contribution >= 0.6 is 0 Å². The Morgan fingerprint density at radius 3 is 3.00 bits per heavy atom. The SMILES string of the molecule is COc1cccc(C(C)OC(=O)c2cnn3ccncc23)c1. The van der Waals surface area contributed by atoms with E-state index in [0.29, 0.717) is 11.1 Å². The number of rotatable bonds is 4. The zero-order valence-corrected chi connectivity index (χ0v) is 12.3. The summed E-state index contributed by atoms with van der Waals surface area (Å²) < 4.78 is 12.3. The van der Waals surface area contributed by atoms with Crippen molar-refractivity contribution in [1.82, 2.24) is 14.6 Å². The van der Waals surface area contributed by atoms with E-state index in [0.717, 1.165) is 11.3 Å². The average molecular weight is 297 g/mol. The van der Waals surface area contributed by atoms with E-state index in [9.17, 15) is 4.79 Å². The van der Waals surface area contributed by atoms with E-state index in [1.54, 1.807) is 30.2 Å². The summed E-state index contributed by atoms with van der Waals surface area (Å²) >= 11 is 0. The number of benzene rings is 1. The lowest BCUT2D eigenvalue weighted by Crippen LogP contribution is -2.09. The van der Waals surface area contributed by atoms with Gasteiger partial charge < -0.3 is 9.47 Å². The highest BCUT2D eigenvalue weighted by atomic mass is 16.5. The van der Waals surface area contributed by atoms with Crippen molar-refractivity contribution < 1.29 is 14.3 Å². The number of ether oxygens (including phenoxy) is 2. The van der Waals surface area contributed by atoms with Crippen LogP contribution in [0.1, 0.15) is 28.9 Å². The van der Waals surface area contributed by atoms with Gasteiger partial charge in [0.1, 0.15) is 17.4 Å². The van der Waals surface area contributed by atoms with Crippen molar-refractivity contribution in [3.63, 3.8) is 0 Å². The smallest absolute Gasteiger partial charge is 0.342 e. The van der Waals surface area contributed by atoms with E-state index in [1.807, 2.05) is 31.2 Å². The number of carbonyl (C=O) groups excluding carboxylic acids is 1. The number of fused-ring (bicyclic) bond motifs is 1. The molecule has 2 heterocycles. The van der Waals surface area contributed by atoms with Crippen molar-refractivity contribution in [2.45, 2.75) is 13.0 Å². The fraction of sp³-hybridized carbons (Fsp3) is 0.188. The molecule has 6 nitrogen and oxygen atoms in total. The lowest BCUT2D eigenvalue weighted by Gasteiger charge is -2.14. The summed E-state index contributed by atoms with van der Waals surface area (Å²) in [6.45, 7) is 1.82. The molecule has 1 aromatic carbocycles. The molecule has 0 spiro atoms. The fourth-order valence-electron chi connectivity index (χ4n) is 2.18. The maximum Gasteiger partial charge on any atom is 0.342 e. The molecule has 0 fully saturated rings. The van der Waals surface area contributed by atoms with Gasteiger partial charge in [0, 0.05) is 12.4 Å². The van der Waals surface area contributed by atoms with Crippen molar-refractivity contribution in [2.24, 2.45) is 0 Å². The Morgan fingerprint density at radius 1 is 1.32 bits per heavy atom. The highest BCUT2D eigenvalue weighted by Crippen LogP contribution is 2.23. The highest BCUT2D eigenvalue weighted by Gasteiger charge is 2.18. The molecule has 2 aromatic heterocycles. The van der Waals surface area contributed by atoms with Gasteiger partial charge in [0.25, 0.3) is 0 Å². The number of carbonyl (C=O) groups is 1. The molecular formula is C16H15N3O3. The second-order valence-electron chi connectivity index (χ2n) is 4.79. The van der Waals surface area contributed by atoms with E-state index < -0.39 is 12.1 Å². The van der Waals surface area contributed by atoms with Crippen molar-refractivity contribution in [3.8, 4) is 5.75 Å². The molecular weight excluding hydrogens is 282 g/mol. The lowest BCUT2D eigenvalue weighted by atomic mass is 10.1. The molecule has 1 unspecified atom stereocenters. The molecule has 112 valence electrons. The zero-order chi connectivity index (χ0) is 15.5. The van der Waals surface area contributed by atoms with Gasteiger partial charge in [-0.15, -0.1) is 0 Å². The van der Waals surface area contributed by atoms with E-state index in [2.05, 4.69) is 10.1 Å². The van der Waals surface area contributed by atoms with Crippen LogP contribution in [0.4, 0.5) is 0 Å². The summed E-state index contributed by atoms with van der Waals surface area (Å²) in [6, 6.07) is 7.43. The Bertz CT molecular complexity index is 813. The van der Waals surface area contributed by atoms with Crippen molar-refractivity contribution in [2.75, 3.05) is 7.11 Å². The minimum Gasteiger partial charge on any atom is -0.497 e. The number of methoxy groups -OCH3 is 1. The Hall–Kier alpha value is -2.89. The third kappa shape index (κ3) is 2.63. The Balaban J connectivity index is 1.81. The van der Waals surface area contributed by atoms with Crippen LogP contribution in [-0.4, -0.2) is 27.7 Å². The highest BCUT2D eigenvalue weighted by molar-refractivity contribution is 5.96. The first-order valence-electron chi connectivity index (χ1n) is 6.81. The molecule has 0 N–H and O–H groups in total. The van der Waals surface area contributed by atoms with Crippen LogP contribution in [0.25, 0.3) is 5.52 Å². The third-order valence-corrected chi connectivity index (χ3v) is 3.39. The van der Waals surface area contributed by atoms with E-state index in [-0.39, 0.29) is 0 Å². The van der Waals surface area contributed by atoms with Crippen molar-refractivity contribution in [3.05, 3.63) is 60.2 Å². The maximum absolute atomic E-state index is 12.3. The van der Waals surface area contributed by atoms with Gasteiger partial charge in [-0.05, 0) is 24.6 Å². The molecule has 0 aliphatic rings. The zero-order valence-electron chi connectivity index (χ0n) is 12.3. The molecule has 0 radical (unpaired) electrons.